The van der Waals surface area contributed by atoms with Crippen LogP contribution in [0.4, 0.5) is 0 Å². The van der Waals surface area contributed by atoms with Gasteiger partial charge in [-0.15, -0.1) is 0 Å². The average molecular weight is 325 g/mol. The lowest BCUT2D eigenvalue weighted by molar-refractivity contribution is 0.112. The molecule has 1 aromatic carbocycles. The van der Waals surface area contributed by atoms with Crippen LogP contribution in [0, 0.1) is 10.5 Å². The van der Waals surface area contributed by atoms with E-state index in [1.54, 1.807) is 0 Å². The molecule has 1 rings (SSSR count). The van der Waals surface area contributed by atoms with E-state index in [2.05, 4.69) is 38.5 Å². The second-order valence-electron chi connectivity index (χ2n) is 2.24. The largest absolute Gasteiger partial charge is 0.298 e. The molecule has 1 aromatic rings. The maximum absolute atomic E-state index is 10.5. The average Bonchev–Trinajstić information content (AvgIpc) is 1.97. The van der Waals surface area contributed by atoms with E-state index in [-0.39, 0.29) is 0 Å². The molecule has 0 saturated heterocycles. The van der Waals surface area contributed by atoms with Crippen LogP contribution >= 0.6 is 38.5 Å². The van der Waals surface area contributed by atoms with Crippen LogP contribution < -0.4 is 0 Å². The molecule has 0 N–H and O–H groups in total. The van der Waals surface area contributed by atoms with Gasteiger partial charge in [0.15, 0.2) is 0 Å². The Morgan fingerprint density at radius 1 is 1.55 bits per heavy atom. The zero-order valence-corrected chi connectivity index (χ0v) is 9.64. The van der Waals surface area contributed by atoms with Gasteiger partial charge in [0.05, 0.1) is 0 Å². The Kier molecular flexibility index (Phi) is 3.06. The minimum absolute atomic E-state index is 0.762. The van der Waals surface area contributed by atoms with Crippen LogP contribution in [0.1, 0.15) is 15.9 Å². The molecule has 0 unspecified atom stereocenters. The highest BCUT2D eigenvalue weighted by Gasteiger charge is 2.01. The first-order valence-corrected chi connectivity index (χ1v) is 4.93. The monoisotopic (exact) mass is 324 g/mol. The van der Waals surface area contributed by atoms with Gasteiger partial charge in [-0.2, -0.15) is 0 Å². The molecular weight excluding hydrogens is 319 g/mol. The number of carbonyl (C=O) groups excluding carboxylic acids is 1. The Hall–Kier alpha value is 0.1000. The molecule has 0 aliphatic rings. The molecule has 0 heterocycles. The van der Waals surface area contributed by atoms with E-state index < -0.39 is 0 Å². The number of carbonyl (C=O) groups is 1. The molecule has 0 amide bonds. The summed E-state index contributed by atoms with van der Waals surface area (Å²) < 4.78 is 2.11. The van der Waals surface area contributed by atoms with Crippen molar-refractivity contribution in [1.29, 1.82) is 0 Å². The molecule has 11 heavy (non-hydrogen) atoms. The smallest absolute Gasteiger partial charge is 0.150 e. The van der Waals surface area contributed by atoms with Crippen LogP contribution in [-0.2, 0) is 0 Å². The van der Waals surface area contributed by atoms with E-state index in [1.165, 1.54) is 0 Å². The first-order valence-electron chi connectivity index (χ1n) is 3.06. The minimum atomic E-state index is 0.762. The van der Waals surface area contributed by atoms with Crippen molar-refractivity contribution >= 4 is 44.8 Å². The highest BCUT2D eigenvalue weighted by Crippen LogP contribution is 2.22. The Morgan fingerprint density at radius 3 is 2.73 bits per heavy atom. The summed E-state index contributed by atoms with van der Waals surface area (Å²) in [7, 11) is 0. The number of hydrogen-bond acceptors (Lipinski definition) is 1. The number of hydrogen-bond donors (Lipinski definition) is 0. The van der Waals surface area contributed by atoms with Crippen molar-refractivity contribution in [3.63, 3.8) is 0 Å². The van der Waals surface area contributed by atoms with Crippen molar-refractivity contribution in [3.05, 3.63) is 31.3 Å². The summed E-state index contributed by atoms with van der Waals surface area (Å²) in [6.45, 7) is 1.92. The lowest BCUT2D eigenvalue weighted by atomic mass is 10.1. The molecule has 0 spiro atoms. The second kappa shape index (κ2) is 3.67. The van der Waals surface area contributed by atoms with E-state index in [4.69, 9.17) is 0 Å². The Labute approximate surface area is 87.5 Å². The third-order valence-electron chi connectivity index (χ3n) is 1.44. The molecule has 0 aliphatic heterocycles. The van der Waals surface area contributed by atoms with Gasteiger partial charge in [0.2, 0.25) is 0 Å². The van der Waals surface area contributed by atoms with E-state index in [1.807, 2.05) is 19.1 Å². The number of benzene rings is 1. The summed E-state index contributed by atoms with van der Waals surface area (Å²) >= 11 is 5.57. The van der Waals surface area contributed by atoms with Gasteiger partial charge in [0.25, 0.3) is 0 Å². The van der Waals surface area contributed by atoms with E-state index in [0.717, 1.165) is 25.5 Å². The van der Waals surface area contributed by atoms with Gasteiger partial charge in [-0.3, -0.25) is 4.79 Å². The minimum Gasteiger partial charge on any atom is -0.298 e. The van der Waals surface area contributed by atoms with Crippen LogP contribution in [0.15, 0.2) is 16.6 Å². The zero-order valence-electron chi connectivity index (χ0n) is 5.90. The van der Waals surface area contributed by atoms with Crippen LogP contribution in [0.25, 0.3) is 0 Å². The van der Waals surface area contributed by atoms with Gasteiger partial charge in [-0.25, -0.2) is 0 Å². The van der Waals surface area contributed by atoms with Crippen molar-refractivity contribution in [3.8, 4) is 0 Å². The highest BCUT2D eigenvalue weighted by molar-refractivity contribution is 14.1. The zero-order chi connectivity index (χ0) is 8.43. The molecule has 1 nitrogen and oxygen atoms in total. The maximum Gasteiger partial charge on any atom is 0.150 e. The summed E-state index contributed by atoms with van der Waals surface area (Å²) in [5, 5.41) is 0. The third-order valence-corrected chi connectivity index (χ3v) is 3.73. The maximum atomic E-state index is 10.5. The van der Waals surface area contributed by atoms with Gasteiger partial charge in [-0.1, -0.05) is 0 Å². The first kappa shape index (κ1) is 9.19. The summed E-state index contributed by atoms with van der Waals surface area (Å²) in [5.41, 5.74) is 1.77. The predicted molar refractivity (Wildman–Crippen MR) is 57.0 cm³/mol. The Balaban J connectivity index is 3.31. The number of halogens is 2. The molecule has 0 radical (unpaired) electrons. The normalized spacial score (nSPS) is 9.73. The molecule has 0 saturated carbocycles. The fraction of sp³-hybridized carbons (Fsp3) is 0.125. The third kappa shape index (κ3) is 2.02. The highest BCUT2D eigenvalue weighted by atomic mass is 127. The van der Waals surface area contributed by atoms with Crippen LogP contribution in [0.5, 0.6) is 0 Å². The standard InChI is InChI=1S/C8H6BrIO/c1-5-2-7(9)8(10)3-6(5)4-11/h2-4H,1H3. The second-order valence-corrected chi connectivity index (χ2v) is 4.26. The van der Waals surface area contributed by atoms with Crippen molar-refractivity contribution in [2.75, 3.05) is 0 Å². The Bertz CT molecular complexity index is 296. The molecule has 0 aromatic heterocycles. The van der Waals surface area contributed by atoms with Gasteiger partial charge in [-0.05, 0) is 63.1 Å². The number of aryl methyl sites for hydroxylation is 1. The van der Waals surface area contributed by atoms with Gasteiger partial charge < -0.3 is 0 Å². The molecule has 0 bridgehead atoms. The lowest BCUT2D eigenvalue weighted by Gasteiger charge is -2.00. The number of aldehydes is 1. The predicted octanol–water partition coefficient (Wildman–Crippen LogP) is 3.17. The van der Waals surface area contributed by atoms with Crippen molar-refractivity contribution < 1.29 is 4.79 Å². The van der Waals surface area contributed by atoms with Gasteiger partial charge in [0.1, 0.15) is 6.29 Å². The van der Waals surface area contributed by atoms with E-state index >= 15 is 0 Å². The van der Waals surface area contributed by atoms with E-state index in [9.17, 15) is 4.79 Å². The fourth-order valence-corrected chi connectivity index (χ4v) is 1.74. The quantitative estimate of drug-likeness (QED) is 0.573. The first-order chi connectivity index (χ1) is 5.15. The molecule has 3 heteroatoms. The lowest BCUT2D eigenvalue weighted by Crippen LogP contribution is -1.87. The van der Waals surface area contributed by atoms with Crippen molar-refractivity contribution in [2.24, 2.45) is 0 Å². The summed E-state index contributed by atoms with van der Waals surface area (Å²) in [4.78, 5) is 10.5. The van der Waals surface area contributed by atoms with Gasteiger partial charge in [0, 0.05) is 13.6 Å². The van der Waals surface area contributed by atoms with Crippen molar-refractivity contribution in [1.82, 2.24) is 0 Å². The SMILES string of the molecule is Cc1cc(Br)c(I)cc1C=O. The molecule has 0 aliphatic carbocycles. The summed E-state index contributed by atoms with van der Waals surface area (Å²) in [6, 6.07) is 3.82. The summed E-state index contributed by atoms with van der Waals surface area (Å²) in [5.74, 6) is 0. The number of rotatable bonds is 1. The summed E-state index contributed by atoms with van der Waals surface area (Å²) in [6.07, 6.45) is 0.879. The molecule has 58 valence electrons. The van der Waals surface area contributed by atoms with Crippen LogP contribution in [0.2, 0.25) is 0 Å². The van der Waals surface area contributed by atoms with E-state index in [0.29, 0.717) is 0 Å². The molecular formula is C8H6BrIO. The fourth-order valence-electron chi connectivity index (χ4n) is 0.789. The Morgan fingerprint density at radius 2 is 2.18 bits per heavy atom. The van der Waals surface area contributed by atoms with Crippen molar-refractivity contribution in [2.45, 2.75) is 6.92 Å². The molecule has 0 atom stereocenters. The van der Waals surface area contributed by atoms with Gasteiger partial charge >= 0.3 is 0 Å². The van der Waals surface area contributed by atoms with Crippen LogP contribution in [-0.4, -0.2) is 6.29 Å². The topological polar surface area (TPSA) is 17.1 Å². The van der Waals surface area contributed by atoms with Crippen LogP contribution in [0.3, 0.4) is 0 Å². The molecule has 0 fully saturated rings.